The number of methoxy groups -OCH3 is 1. The Hall–Kier alpha value is -2.61. The monoisotopic (exact) mass is 338 g/mol. The Balaban J connectivity index is 2.53. The molecule has 0 aromatic heterocycles. The lowest BCUT2D eigenvalue weighted by molar-refractivity contribution is -0.881. The molecule has 0 fully saturated rings. The van der Waals surface area contributed by atoms with Crippen molar-refractivity contribution in [2.24, 2.45) is 0 Å². The highest BCUT2D eigenvalue weighted by Gasteiger charge is 2.19. The van der Waals surface area contributed by atoms with E-state index in [0.29, 0.717) is 22.9 Å². The zero-order valence-corrected chi connectivity index (χ0v) is 14.2. The van der Waals surface area contributed by atoms with Gasteiger partial charge in [0.15, 0.2) is 13.1 Å². The quantitative estimate of drug-likeness (QED) is 0.610. The first-order chi connectivity index (χ1) is 11.5. The Morgan fingerprint density at radius 3 is 2.38 bits per heavy atom. The molecule has 0 aliphatic heterocycles. The van der Waals surface area contributed by atoms with Crippen molar-refractivity contribution in [2.45, 2.75) is 13.8 Å². The highest BCUT2D eigenvalue weighted by Crippen LogP contribution is 2.22. The Morgan fingerprint density at radius 2 is 1.75 bits per heavy atom. The fourth-order valence-corrected chi connectivity index (χ4v) is 2.03. The van der Waals surface area contributed by atoms with Crippen molar-refractivity contribution >= 4 is 23.6 Å². The molecule has 3 N–H and O–H groups in total. The summed E-state index contributed by atoms with van der Waals surface area (Å²) in [6.45, 7) is 4.32. The van der Waals surface area contributed by atoms with Crippen LogP contribution in [0.25, 0.3) is 0 Å². The minimum Gasteiger partial charge on any atom is -0.495 e. The van der Waals surface area contributed by atoms with Gasteiger partial charge in [-0.15, -0.1) is 0 Å². The zero-order chi connectivity index (χ0) is 17.9. The largest absolute Gasteiger partial charge is 0.495 e. The van der Waals surface area contributed by atoms with Crippen LogP contribution in [0.4, 0.5) is 10.5 Å². The fraction of sp³-hybridized carbons (Fsp3) is 0.438. The van der Waals surface area contributed by atoms with Crippen LogP contribution in [-0.2, 0) is 14.3 Å². The number of quaternary nitrogens is 1. The first kappa shape index (κ1) is 19.4. The fourth-order valence-electron chi connectivity index (χ4n) is 2.03. The molecule has 8 heteroatoms. The SMILES string of the molecule is CCOC(=O)NC(=O)C[NH+](CC)CC(=O)Nc1ccccc1OC. The van der Waals surface area contributed by atoms with Crippen LogP contribution in [0.1, 0.15) is 13.8 Å². The number of nitrogens with one attached hydrogen (secondary N) is 3. The van der Waals surface area contributed by atoms with Gasteiger partial charge in [0, 0.05) is 0 Å². The minimum atomic E-state index is -0.781. The number of amides is 3. The summed E-state index contributed by atoms with van der Waals surface area (Å²) < 4.78 is 9.81. The van der Waals surface area contributed by atoms with Gasteiger partial charge in [-0.2, -0.15) is 0 Å². The number of benzene rings is 1. The number of ether oxygens (including phenoxy) is 2. The first-order valence-electron chi connectivity index (χ1n) is 7.73. The van der Waals surface area contributed by atoms with Gasteiger partial charge in [0.1, 0.15) is 5.75 Å². The molecular formula is C16H24N3O5+. The summed E-state index contributed by atoms with van der Waals surface area (Å²) in [6, 6.07) is 7.07. The molecule has 1 aromatic carbocycles. The molecule has 0 spiro atoms. The number of hydrogen-bond donors (Lipinski definition) is 3. The number of hydrogen-bond acceptors (Lipinski definition) is 5. The van der Waals surface area contributed by atoms with Crippen molar-refractivity contribution in [3.8, 4) is 5.75 Å². The molecule has 1 atom stereocenters. The topological polar surface area (TPSA) is 98.2 Å². The molecule has 0 heterocycles. The summed E-state index contributed by atoms with van der Waals surface area (Å²) in [7, 11) is 1.52. The van der Waals surface area contributed by atoms with Gasteiger partial charge in [-0.25, -0.2) is 4.79 Å². The third-order valence-electron chi connectivity index (χ3n) is 3.22. The Labute approximate surface area is 141 Å². The molecule has 0 aliphatic carbocycles. The standard InChI is InChI=1S/C16H23N3O5/c1-4-19(11-15(21)18-16(22)24-5-2)10-14(20)17-12-8-6-7-9-13(12)23-3/h6-9H,4-5,10-11H2,1-3H3,(H,17,20)(H,18,21,22)/p+1. The molecule has 1 rings (SSSR count). The first-order valence-corrected chi connectivity index (χ1v) is 7.73. The van der Waals surface area contributed by atoms with E-state index in [1.807, 2.05) is 6.92 Å². The molecule has 8 nitrogen and oxygen atoms in total. The van der Waals surface area contributed by atoms with Crippen LogP contribution in [0.5, 0.6) is 5.75 Å². The van der Waals surface area contributed by atoms with Gasteiger partial charge in [0.25, 0.3) is 11.8 Å². The van der Waals surface area contributed by atoms with Crippen LogP contribution in [-0.4, -0.2) is 51.3 Å². The van der Waals surface area contributed by atoms with Crippen molar-refractivity contribution in [3.63, 3.8) is 0 Å². The Kier molecular flexibility index (Phi) is 8.28. The van der Waals surface area contributed by atoms with Crippen molar-refractivity contribution < 1.29 is 28.8 Å². The molecule has 0 radical (unpaired) electrons. The molecule has 1 aromatic rings. The highest BCUT2D eigenvalue weighted by molar-refractivity contribution is 5.94. The second kappa shape index (κ2) is 10.2. The van der Waals surface area contributed by atoms with Crippen LogP contribution in [0, 0.1) is 0 Å². The summed E-state index contributed by atoms with van der Waals surface area (Å²) in [5, 5.41) is 4.87. The van der Waals surface area contributed by atoms with Gasteiger partial charge in [0.05, 0.1) is 25.9 Å². The van der Waals surface area contributed by atoms with Crippen LogP contribution in [0.15, 0.2) is 24.3 Å². The summed E-state index contributed by atoms with van der Waals surface area (Å²) in [5.41, 5.74) is 0.566. The predicted octanol–water partition coefficient (Wildman–Crippen LogP) is -0.189. The van der Waals surface area contributed by atoms with E-state index in [0.717, 1.165) is 0 Å². The number of carbonyl (C=O) groups is 3. The van der Waals surface area contributed by atoms with E-state index in [1.54, 1.807) is 31.2 Å². The third-order valence-corrected chi connectivity index (χ3v) is 3.22. The number of anilines is 1. The third kappa shape index (κ3) is 6.66. The normalized spacial score (nSPS) is 11.3. The minimum absolute atomic E-state index is 0.00530. The van der Waals surface area contributed by atoms with Crippen molar-refractivity contribution in [2.75, 3.05) is 38.7 Å². The molecule has 1 unspecified atom stereocenters. The molecule has 0 bridgehead atoms. The zero-order valence-electron chi connectivity index (χ0n) is 14.2. The smallest absolute Gasteiger partial charge is 0.414 e. The number of likely N-dealkylation sites (N-methyl/N-ethyl adjacent to an activating group) is 1. The number of alkyl carbamates (subject to hydrolysis) is 1. The van der Waals surface area contributed by atoms with E-state index in [-0.39, 0.29) is 25.6 Å². The number of para-hydroxylation sites is 2. The number of carbonyl (C=O) groups excluding carboxylic acids is 3. The van der Waals surface area contributed by atoms with Crippen LogP contribution in [0.2, 0.25) is 0 Å². The van der Waals surface area contributed by atoms with E-state index in [4.69, 9.17) is 4.74 Å². The Morgan fingerprint density at radius 1 is 1.08 bits per heavy atom. The maximum Gasteiger partial charge on any atom is 0.414 e. The summed E-state index contributed by atoms with van der Waals surface area (Å²) in [5.74, 6) is -0.181. The maximum atomic E-state index is 12.1. The van der Waals surface area contributed by atoms with Crippen molar-refractivity contribution in [1.82, 2.24) is 5.32 Å². The van der Waals surface area contributed by atoms with Gasteiger partial charge in [-0.1, -0.05) is 12.1 Å². The van der Waals surface area contributed by atoms with Gasteiger partial charge in [-0.05, 0) is 26.0 Å². The van der Waals surface area contributed by atoms with Crippen LogP contribution < -0.4 is 20.3 Å². The van der Waals surface area contributed by atoms with E-state index in [1.165, 1.54) is 7.11 Å². The second-order valence-electron chi connectivity index (χ2n) is 4.97. The lowest BCUT2D eigenvalue weighted by atomic mass is 10.3. The molecule has 0 aliphatic rings. The molecule has 24 heavy (non-hydrogen) atoms. The predicted molar refractivity (Wildman–Crippen MR) is 88.0 cm³/mol. The molecule has 3 amide bonds. The second-order valence-corrected chi connectivity index (χ2v) is 4.97. The summed E-state index contributed by atoms with van der Waals surface area (Å²) in [4.78, 5) is 35.8. The van der Waals surface area contributed by atoms with Crippen LogP contribution in [0.3, 0.4) is 0 Å². The van der Waals surface area contributed by atoms with Crippen molar-refractivity contribution in [1.29, 1.82) is 0 Å². The van der Waals surface area contributed by atoms with Gasteiger partial charge in [0.2, 0.25) is 0 Å². The maximum absolute atomic E-state index is 12.1. The van der Waals surface area contributed by atoms with Gasteiger partial charge < -0.3 is 19.7 Å². The molecule has 132 valence electrons. The summed E-state index contributed by atoms with van der Waals surface area (Å²) in [6.07, 6.45) is -0.781. The summed E-state index contributed by atoms with van der Waals surface area (Å²) >= 11 is 0. The van der Waals surface area contributed by atoms with Crippen molar-refractivity contribution in [3.05, 3.63) is 24.3 Å². The van der Waals surface area contributed by atoms with Gasteiger partial charge >= 0.3 is 6.09 Å². The lowest BCUT2D eigenvalue weighted by Crippen LogP contribution is -3.14. The van der Waals surface area contributed by atoms with E-state index >= 15 is 0 Å². The van der Waals surface area contributed by atoms with Gasteiger partial charge in [-0.3, -0.25) is 14.9 Å². The van der Waals surface area contributed by atoms with E-state index < -0.39 is 12.0 Å². The highest BCUT2D eigenvalue weighted by atomic mass is 16.5. The van der Waals surface area contributed by atoms with E-state index in [9.17, 15) is 14.4 Å². The molecule has 0 saturated heterocycles. The van der Waals surface area contributed by atoms with Crippen LogP contribution >= 0.6 is 0 Å². The lowest BCUT2D eigenvalue weighted by Gasteiger charge is -2.17. The Bertz CT molecular complexity index is 577. The number of imide groups is 1. The molecule has 0 saturated carbocycles. The molecular weight excluding hydrogens is 314 g/mol. The average Bonchev–Trinajstić information content (AvgIpc) is 2.54. The van der Waals surface area contributed by atoms with E-state index in [2.05, 4.69) is 15.4 Å². The average molecular weight is 338 g/mol. The number of rotatable bonds is 8.